The predicted molar refractivity (Wildman–Crippen MR) is 86.3 cm³/mol. The van der Waals surface area contributed by atoms with Gasteiger partial charge in [0.2, 0.25) is 5.78 Å². The first-order valence-electron chi connectivity index (χ1n) is 6.93. The van der Waals surface area contributed by atoms with E-state index >= 15 is 0 Å². The summed E-state index contributed by atoms with van der Waals surface area (Å²) in [6.07, 6.45) is 1.94. The highest BCUT2D eigenvalue weighted by Gasteiger charge is 2.23. The molecule has 1 aliphatic rings. The maximum absolute atomic E-state index is 12.4. The summed E-state index contributed by atoms with van der Waals surface area (Å²) in [5, 5.41) is 5.54. The second-order valence-corrected chi connectivity index (χ2v) is 5.13. The molecule has 3 aromatic carbocycles. The van der Waals surface area contributed by atoms with Crippen molar-refractivity contribution < 1.29 is 4.79 Å². The van der Waals surface area contributed by atoms with Gasteiger partial charge >= 0.3 is 0 Å². The van der Waals surface area contributed by atoms with Crippen LogP contribution in [-0.2, 0) is 0 Å². The van der Waals surface area contributed by atoms with E-state index in [2.05, 4.69) is 23.5 Å². The molecule has 1 heterocycles. The molecule has 0 saturated carbocycles. The van der Waals surface area contributed by atoms with Gasteiger partial charge in [0, 0.05) is 11.3 Å². The molecule has 0 fully saturated rings. The Kier molecular flexibility index (Phi) is 2.61. The molecule has 0 amide bonds. The lowest BCUT2D eigenvalue weighted by Gasteiger charge is -2.03. The minimum Gasteiger partial charge on any atom is -0.352 e. The number of ketones is 1. The number of fused-ring (bicyclic) bond motifs is 2. The molecule has 0 bridgehead atoms. The van der Waals surface area contributed by atoms with Crippen molar-refractivity contribution >= 4 is 28.3 Å². The van der Waals surface area contributed by atoms with Gasteiger partial charge in [0.15, 0.2) is 0 Å². The number of allylic oxidation sites excluding steroid dienone is 1. The Morgan fingerprint density at radius 2 is 1.57 bits per heavy atom. The first-order valence-corrected chi connectivity index (χ1v) is 6.93. The minimum atomic E-state index is 0.0542. The third-order valence-electron chi connectivity index (χ3n) is 3.81. The van der Waals surface area contributed by atoms with Crippen LogP contribution in [0.5, 0.6) is 0 Å². The molecule has 2 nitrogen and oxygen atoms in total. The Morgan fingerprint density at radius 3 is 2.48 bits per heavy atom. The molecule has 1 aliphatic heterocycles. The van der Waals surface area contributed by atoms with Gasteiger partial charge < -0.3 is 5.32 Å². The molecular formula is C19H13NO. The lowest BCUT2D eigenvalue weighted by atomic mass is 10.0. The molecule has 0 aromatic heterocycles. The van der Waals surface area contributed by atoms with E-state index in [0.717, 1.165) is 22.2 Å². The lowest BCUT2D eigenvalue weighted by molar-refractivity contribution is 0.104. The zero-order chi connectivity index (χ0) is 14.2. The van der Waals surface area contributed by atoms with E-state index in [9.17, 15) is 4.79 Å². The Morgan fingerprint density at radius 1 is 0.810 bits per heavy atom. The highest BCUT2D eigenvalue weighted by Crippen LogP contribution is 2.30. The van der Waals surface area contributed by atoms with Crippen molar-refractivity contribution in [2.45, 2.75) is 0 Å². The molecule has 4 rings (SSSR count). The van der Waals surface area contributed by atoms with Gasteiger partial charge in [0.05, 0.1) is 5.70 Å². The van der Waals surface area contributed by atoms with Gasteiger partial charge in [0.25, 0.3) is 0 Å². The minimum absolute atomic E-state index is 0.0542. The van der Waals surface area contributed by atoms with E-state index in [-0.39, 0.29) is 5.78 Å². The molecule has 0 radical (unpaired) electrons. The van der Waals surface area contributed by atoms with Crippen LogP contribution in [0.4, 0.5) is 5.69 Å². The fourth-order valence-electron chi connectivity index (χ4n) is 2.77. The smallest absolute Gasteiger partial charge is 0.211 e. The van der Waals surface area contributed by atoms with Gasteiger partial charge in [-0.05, 0) is 34.5 Å². The molecule has 100 valence electrons. The van der Waals surface area contributed by atoms with Crippen LogP contribution in [0.1, 0.15) is 15.9 Å². The monoisotopic (exact) mass is 271 g/mol. The number of hydrogen-bond acceptors (Lipinski definition) is 2. The number of benzene rings is 3. The van der Waals surface area contributed by atoms with E-state index in [4.69, 9.17) is 0 Å². The third kappa shape index (κ3) is 1.93. The number of para-hydroxylation sites is 1. The van der Waals surface area contributed by atoms with Crippen molar-refractivity contribution in [3.8, 4) is 0 Å². The standard InChI is InChI=1S/C19H13NO/c21-19-16-10-3-4-11-17(16)20-18(19)12-14-8-5-7-13-6-1-2-9-15(13)14/h1-12,20H/b18-12-. The van der Waals surface area contributed by atoms with E-state index in [1.165, 1.54) is 5.39 Å². The van der Waals surface area contributed by atoms with Crippen LogP contribution in [0.15, 0.2) is 72.4 Å². The van der Waals surface area contributed by atoms with Gasteiger partial charge in [-0.2, -0.15) is 0 Å². The van der Waals surface area contributed by atoms with Crippen molar-refractivity contribution in [1.29, 1.82) is 0 Å². The van der Waals surface area contributed by atoms with Crippen LogP contribution in [0.25, 0.3) is 16.8 Å². The van der Waals surface area contributed by atoms with Crippen LogP contribution >= 0.6 is 0 Å². The Balaban J connectivity index is 1.84. The van der Waals surface area contributed by atoms with E-state index < -0.39 is 0 Å². The van der Waals surface area contributed by atoms with Crippen LogP contribution in [0.3, 0.4) is 0 Å². The molecule has 0 unspecified atom stereocenters. The molecule has 0 atom stereocenters. The topological polar surface area (TPSA) is 29.1 Å². The average molecular weight is 271 g/mol. The summed E-state index contributed by atoms with van der Waals surface area (Å²) in [5.74, 6) is 0.0542. The molecule has 0 saturated heterocycles. The second-order valence-electron chi connectivity index (χ2n) is 5.13. The maximum atomic E-state index is 12.4. The number of anilines is 1. The van der Waals surface area contributed by atoms with Crippen molar-refractivity contribution in [1.82, 2.24) is 0 Å². The van der Waals surface area contributed by atoms with Crippen molar-refractivity contribution in [3.63, 3.8) is 0 Å². The largest absolute Gasteiger partial charge is 0.352 e. The molecule has 21 heavy (non-hydrogen) atoms. The van der Waals surface area contributed by atoms with E-state index in [1.807, 2.05) is 54.6 Å². The Labute approximate surface area is 122 Å². The molecule has 3 aromatic rings. The Hall–Kier alpha value is -2.87. The number of Topliss-reactive ketones (excluding diaryl/α,β-unsaturated/α-hetero) is 1. The first-order chi connectivity index (χ1) is 10.3. The predicted octanol–water partition coefficient (Wildman–Crippen LogP) is 4.49. The number of rotatable bonds is 1. The first kappa shape index (κ1) is 11.9. The fraction of sp³-hybridized carbons (Fsp3) is 0. The normalized spacial score (nSPS) is 15.2. The number of carbonyl (C=O) groups is 1. The van der Waals surface area contributed by atoms with Crippen LogP contribution in [-0.4, -0.2) is 5.78 Å². The van der Waals surface area contributed by atoms with Gasteiger partial charge in [-0.1, -0.05) is 54.6 Å². The van der Waals surface area contributed by atoms with Gasteiger partial charge in [-0.15, -0.1) is 0 Å². The van der Waals surface area contributed by atoms with E-state index in [1.54, 1.807) is 0 Å². The van der Waals surface area contributed by atoms with Crippen LogP contribution in [0, 0.1) is 0 Å². The van der Waals surface area contributed by atoms with Crippen molar-refractivity contribution in [2.24, 2.45) is 0 Å². The summed E-state index contributed by atoms with van der Waals surface area (Å²) >= 11 is 0. The van der Waals surface area contributed by atoms with Gasteiger partial charge in [-0.3, -0.25) is 4.79 Å². The fourth-order valence-corrected chi connectivity index (χ4v) is 2.77. The van der Waals surface area contributed by atoms with Gasteiger partial charge in [0.1, 0.15) is 0 Å². The third-order valence-corrected chi connectivity index (χ3v) is 3.81. The highest BCUT2D eigenvalue weighted by atomic mass is 16.1. The summed E-state index contributed by atoms with van der Waals surface area (Å²) in [6.45, 7) is 0. The maximum Gasteiger partial charge on any atom is 0.211 e. The quantitative estimate of drug-likeness (QED) is 0.661. The SMILES string of the molecule is O=C1/C(=C/c2cccc3ccccc23)Nc2ccccc21. The summed E-state index contributed by atoms with van der Waals surface area (Å²) in [6, 6.07) is 21.9. The van der Waals surface area contributed by atoms with Crippen molar-refractivity contribution in [2.75, 3.05) is 5.32 Å². The summed E-state index contributed by atoms with van der Waals surface area (Å²) in [4.78, 5) is 12.4. The molecule has 1 N–H and O–H groups in total. The number of nitrogens with one attached hydrogen (secondary N) is 1. The average Bonchev–Trinajstić information content (AvgIpc) is 2.85. The molecule has 0 aliphatic carbocycles. The summed E-state index contributed by atoms with van der Waals surface area (Å²) in [7, 11) is 0. The number of carbonyl (C=O) groups excluding carboxylic acids is 1. The summed E-state index contributed by atoms with van der Waals surface area (Å²) < 4.78 is 0. The lowest BCUT2D eigenvalue weighted by Crippen LogP contribution is -1.99. The molecule has 2 heteroatoms. The second kappa shape index (κ2) is 4.60. The summed E-state index contributed by atoms with van der Waals surface area (Å²) in [5.41, 5.74) is 3.31. The molecule has 0 spiro atoms. The number of hydrogen-bond donors (Lipinski definition) is 1. The van der Waals surface area contributed by atoms with Gasteiger partial charge in [-0.25, -0.2) is 0 Å². The van der Waals surface area contributed by atoms with Crippen LogP contribution in [0.2, 0.25) is 0 Å². The van der Waals surface area contributed by atoms with Crippen molar-refractivity contribution in [3.05, 3.63) is 83.6 Å². The molecular weight excluding hydrogens is 258 g/mol. The van der Waals surface area contributed by atoms with Crippen LogP contribution < -0.4 is 5.32 Å². The zero-order valence-corrected chi connectivity index (χ0v) is 11.3. The highest BCUT2D eigenvalue weighted by molar-refractivity contribution is 6.21. The van der Waals surface area contributed by atoms with E-state index in [0.29, 0.717) is 5.70 Å². The Bertz CT molecular complexity index is 887. The zero-order valence-electron chi connectivity index (χ0n) is 11.3.